The van der Waals surface area contributed by atoms with E-state index in [1.165, 1.54) is 38.6 Å². The van der Waals surface area contributed by atoms with Gasteiger partial charge in [-0.3, -0.25) is 9.10 Å². The fourth-order valence-electron chi connectivity index (χ4n) is 3.20. The van der Waals surface area contributed by atoms with E-state index in [0.29, 0.717) is 23.7 Å². The lowest BCUT2D eigenvalue weighted by atomic mass is 10.2. The number of ether oxygens (including phenoxy) is 3. The van der Waals surface area contributed by atoms with Crippen LogP contribution in [0.1, 0.15) is 5.56 Å². The highest BCUT2D eigenvalue weighted by Gasteiger charge is 2.29. The first-order valence-electron chi connectivity index (χ1n) is 10.8. The number of hydrazone groups is 1. The highest BCUT2D eigenvalue weighted by Crippen LogP contribution is 2.35. The lowest BCUT2D eigenvalue weighted by Crippen LogP contribution is -2.39. The van der Waals surface area contributed by atoms with Crippen molar-refractivity contribution in [3.8, 4) is 17.2 Å². The number of anilines is 1. The summed E-state index contributed by atoms with van der Waals surface area (Å²) in [7, 11) is -1.27. The van der Waals surface area contributed by atoms with E-state index in [0.717, 1.165) is 4.31 Å². The maximum absolute atomic E-state index is 13.5. The molecule has 36 heavy (non-hydrogen) atoms. The zero-order valence-corrected chi connectivity index (χ0v) is 20.8. The molecule has 10 heteroatoms. The highest BCUT2D eigenvalue weighted by molar-refractivity contribution is 7.92. The Morgan fingerprint density at radius 1 is 1.00 bits per heavy atom. The largest absolute Gasteiger partial charge is 0.497 e. The fraction of sp³-hybridized carbons (Fsp3) is 0.154. The summed E-state index contributed by atoms with van der Waals surface area (Å²) in [6.45, 7) is 3.41. The Morgan fingerprint density at radius 2 is 1.78 bits per heavy atom. The third-order valence-corrected chi connectivity index (χ3v) is 6.68. The first-order valence-corrected chi connectivity index (χ1v) is 12.3. The van der Waals surface area contributed by atoms with E-state index in [-0.39, 0.29) is 16.3 Å². The lowest BCUT2D eigenvalue weighted by molar-refractivity contribution is -0.119. The standard InChI is InChI=1S/C26H27N3O6S/c1-4-15-35-22-10-8-9-20(16-22)18-27-28-26(30)19-29(36(31,32)23-11-6-5-7-12-23)24-17-21(33-2)13-14-25(24)34-3/h4-14,16-18H,1,15,19H2,2-3H3,(H,28,30)/b27-18+. The number of amides is 1. The van der Waals surface area contributed by atoms with Crippen LogP contribution in [0.15, 0.2) is 95.4 Å². The van der Waals surface area contributed by atoms with E-state index < -0.39 is 22.5 Å². The van der Waals surface area contributed by atoms with Crippen LogP contribution >= 0.6 is 0 Å². The molecule has 0 bridgehead atoms. The van der Waals surface area contributed by atoms with Gasteiger partial charge in [0.15, 0.2) is 0 Å². The van der Waals surface area contributed by atoms with Crippen LogP contribution in [0.2, 0.25) is 0 Å². The van der Waals surface area contributed by atoms with Crippen LogP contribution in [0.25, 0.3) is 0 Å². The normalized spacial score (nSPS) is 11.1. The van der Waals surface area contributed by atoms with Crippen molar-refractivity contribution >= 4 is 27.8 Å². The number of sulfonamides is 1. The van der Waals surface area contributed by atoms with E-state index in [1.54, 1.807) is 60.7 Å². The molecular formula is C26H27N3O6S. The second kappa shape index (κ2) is 12.4. The summed E-state index contributed by atoms with van der Waals surface area (Å²) < 4.78 is 44.2. The number of benzene rings is 3. The highest BCUT2D eigenvalue weighted by atomic mass is 32.2. The fourth-order valence-corrected chi connectivity index (χ4v) is 4.64. The third-order valence-electron chi connectivity index (χ3n) is 4.90. The molecule has 1 N–H and O–H groups in total. The summed E-state index contributed by atoms with van der Waals surface area (Å²) >= 11 is 0. The van der Waals surface area contributed by atoms with Gasteiger partial charge in [-0.1, -0.05) is 43.0 Å². The number of nitrogens with zero attached hydrogens (tertiary/aromatic N) is 2. The molecule has 0 fully saturated rings. The number of rotatable bonds is 12. The van der Waals surface area contributed by atoms with Crippen molar-refractivity contribution in [3.63, 3.8) is 0 Å². The number of hydrogen-bond donors (Lipinski definition) is 1. The monoisotopic (exact) mass is 509 g/mol. The molecule has 0 radical (unpaired) electrons. The van der Waals surface area contributed by atoms with Gasteiger partial charge in [-0.2, -0.15) is 5.10 Å². The van der Waals surface area contributed by atoms with Crippen molar-refractivity contribution in [1.29, 1.82) is 0 Å². The minimum atomic E-state index is -4.14. The van der Waals surface area contributed by atoms with Gasteiger partial charge in [0.2, 0.25) is 0 Å². The zero-order valence-electron chi connectivity index (χ0n) is 20.0. The summed E-state index contributed by atoms with van der Waals surface area (Å²) in [5, 5.41) is 3.96. The summed E-state index contributed by atoms with van der Waals surface area (Å²) in [5.41, 5.74) is 3.20. The van der Waals surface area contributed by atoms with E-state index in [9.17, 15) is 13.2 Å². The van der Waals surface area contributed by atoms with Gasteiger partial charge in [-0.05, 0) is 42.0 Å². The van der Waals surface area contributed by atoms with Crippen molar-refractivity contribution in [3.05, 3.63) is 91.0 Å². The van der Waals surface area contributed by atoms with Crippen LogP contribution in [0.5, 0.6) is 17.2 Å². The first kappa shape index (κ1) is 26.3. The Bertz CT molecular complexity index is 1330. The quantitative estimate of drug-likeness (QED) is 0.227. The van der Waals surface area contributed by atoms with E-state index >= 15 is 0 Å². The lowest BCUT2D eigenvalue weighted by Gasteiger charge is -2.25. The predicted octanol–water partition coefficient (Wildman–Crippen LogP) is 3.61. The van der Waals surface area contributed by atoms with Crippen LogP contribution < -0.4 is 23.9 Å². The number of nitrogens with one attached hydrogen (secondary N) is 1. The molecule has 0 atom stereocenters. The summed E-state index contributed by atoms with van der Waals surface area (Å²) in [5.74, 6) is 0.615. The van der Waals surface area contributed by atoms with Crippen molar-refractivity contribution in [2.75, 3.05) is 31.7 Å². The molecule has 0 unspecified atom stereocenters. The molecule has 0 aliphatic carbocycles. The molecule has 3 rings (SSSR count). The smallest absolute Gasteiger partial charge is 0.264 e. The molecule has 0 aliphatic rings. The minimum absolute atomic E-state index is 0.0162. The van der Waals surface area contributed by atoms with Gasteiger partial charge in [0, 0.05) is 6.07 Å². The molecule has 9 nitrogen and oxygen atoms in total. The summed E-state index contributed by atoms with van der Waals surface area (Å²) in [6, 6.07) is 19.6. The van der Waals surface area contributed by atoms with Crippen LogP contribution in [0.3, 0.4) is 0 Å². The third kappa shape index (κ3) is 6.63. The van der Waals surface area contributed by atoms with Gasteiger partial charge < -0.3 is 14.2 Å². The molecule has 0 aliphatic heterocycles. The van der Waals surface area contributed by atoms with Crippen LogP contribution in [-0.2, 0) is 14.8 Å². The molecule has 3 aromatic carbocycles. The molecule has 0 spiro atoms. The zero-order chi connectivity index (χ0) is 26.0. The predicted molar refractivity (Wildman–Crippen MR) is 138 cm³/mol. The molecule has 0 saturated carbocycles. The Morgan fingerprint density at radius 3 is 2.47 bits per heavy atom. The number of carbonyl (C=O) groups excluding carboxylic acids is 1. The van der Waals surface area contributed by atoms with Crippen LogP contribution in [-0.4, -0.2) is 47.9 Å². The Balaban J connectivity index is 1.87. The van der Waals surface area contributed by atoms with Gasteiger partial charge >= 0.3 is 0 Å². The second-order valence-corrected chi connectivity index (χ2v) is 9.19. The Kier molecular flexibility index (Phi) is 9.07. The van der Waals surface area contributed by atoms with Crippen LogP contribution in [0, 0.1) is 0 Å². The maximum Gasteiger partial charge on any atom is 0.264 e. The molecule has 188 valence electrons. The Hall–Kier alpha value is -4.31. The number of carbonyl (C=O) groups is 1. The van der Waals surface area contributed by atoms with Crippen molar-refractivity contribution in [2.24, 2.45) is 5.10 Å². The maximum atomic E-state index is 13.5. The van der Waals surface area contributed by atoms with Crippen molar-refractivity contribution in [1.82, 2.24) is 5.43 Å². The molecule has 1 amide bonds. The van der Waals surface area contributed by atoms with Gasteiger partial charge in [0.1, 0.15) is 30.4 Å². The summed E-state index contributed by atoms with van der Waals surface area (Å²) in [4.78, 5) is 12.8. The molecular weight excluding hydrogens is 482 g/mol. The molecule has 3 aromatic rings. The molecule has 0 saturated heterocycles. The number of hydrogen-bond acceptors (Lipinski definition) is 7. The van der Waals surface area contributed by atoms with E-state index in [1.807, 2.05) is 0 Å². The average Bonchev–Trinajstić information content (AvgIpc) is 2.90. The molecule has 0 aromatic heterocycles. The second-order valence-electron chi connectivity index (χ2n) is 7.33. The number of methoxy groups -OCH3 is 2. The van der Waals surface area contributed by atoms with E-state index in [4.69, 9.17) is 14.2 Å². The first-order chi connectivity index (χ1) is 17.4. The Labute approximate surface area is 210 Å². The topological polar surface area (TPSA) is 107 Å². The van der Waals surface area contributed by atoms with Crippen molar-refractivity contribution in [2.45, 2.75) is 4.90 Å². The minimum Gasteiger partial charge on any atom is -0.497 e. The van der Waals surface area contributed by atoms with Gasteiger partial charge in [-0.25, -0.2) is 13.8 Å². The van der Waals surface area contributed by atoms with Gasteiger partial charge in [0.25, 0.3) is 15.9 Å². The van der Waals surface area contributed by atoms with Gasteiger partial charge in [-0.15, -0.1) is 0 Å². The van der Waals surface area contributed by atoms with E-state index in [2.05, 4.69) is 17.1 Å². The molecule has 0 heterocycles. The summed E-state index contributed by atoms with van der Waals surface area (Å²) in [6.07, 6.45) is 3.06. The average molecular weight is 510 g/mol. The van der Waals surface area contributed by atoms with Crippen molar-refractivity contribution < 1.29 is 27.4 Å². The van der Waals surface area contributed by atoms with Crippen LogP contribution in [0.4, 0.5) is 5.69 Å². The SMILES string of the molecule is C=CCOc1cccc(/C=N/NC(=O)CN(c2cc(OC)ccc2OC)S(=O)(=O)c2ccccc2)c1. The van der Waals surface area contributed by atoms with Gasteiger partial charge in [0.05, 0.1) is 31.0 Å².